The van der Waals surface area contributed by atoms with Crippen LogP contribution in [0.25, 0.3) is 21.9 Å². The normalized spacial score (nSPS) is 10.7. The Hall–Kier alpha value is -4.31. The number of amides is 1. The lowest BCUT2D eigenvalue weighted by Crippen LogP contribution is -2.27. The summed E-state index contributed by atoms with van der Waals surface area (Å²) < 4.78 is 40.0. The highest BCUT2D eigenvalue weighted by molar-refractivity contribution is 9.10. The first kappa shape index (κ1) is 29.7. The number of halogens is 1. The van der Waals surface area contributed by atoms with Gasteiger partial charge in [0.2, 0.25) is 5.75 Å². The predicted octanol–water partition coefficient (Wildman–Crippen LogP) is 6.61. The lowest BCUT2D eigenvalue weighted by atomic mass is 9.94. The maximum absolute atomic E-state index is 14.0. The number of ether oxygens (including phenoxy) is 7. The summed E-state index contributed by atoms with van der Waals surface area (Å²) in [6.07, 6.45) is 0. The molecule has 0 aromatic heterocycles. The fourth-order valence-electron chi connectivity index (χ4n) is 4.90. The summed E-state index contributed by atoms with van der Waals surface area (Å²) in [6, 6.07) is 14.7. The summed E-state index contributed by atoms with van der Waals surface area (Å²) in [4.78, 5) is 15.5. The average Bonchev–Trinajstić information content (AvgIpc) is 3.01. The van der Waals surface area contributed by atoms with Crippen molar-refractivity contribution in [1.29, 1.82) is 0 Å². The Kier molecular flexibility index (Phi) is 9.02. The lowest BCUT2D eigenvalue weighted by Gasteiger charge is -2.24. The van der Waals surface area contributed by atoms with Crippen LogP contribution in [0.3, 0.4) is 0 Å². The van der Waals surface area contributed by atoms with Gasteiger partial charge >= 0.3 is 0 Å². The van der Waals surface area contributed by atoms with Gasteiger partial charge in [0, 0.05) is 22.5 Å². The summed E-state index contributed by atoms with van der Waals surface area (Å²) in [5, 5.41) is 1.56. The number of carbonyl (C=O) groups excluding carboxylic acids is 1. The number of rotatable bonds is 10. The molecule has 9 nitrogen and oxygen atoms in total. The van der Waals surface area contributed by atoms with E-state index in [0.29, 0.717) is 56.0 Å². The molecule has 1 amide bonds. The van der Waals surface area contributed by atoms with Crippen LogP contribution in [0.15, 0.2) is 53.0 Å². The van der Waals surface area contributed by atoms with Crippen LogP contribution in [0.1, 0.15) is 10.4 Å². The fraction of sp³-hybridized carbons (Fsp3) is 0.258. The van der Waals surface area contributed by atoms with E-state index in [4.69, 9.17) is 33.2 Å². The molecule has 0 aliphatic rings. The Morgan fingerprint density at radius 2 is 1.20 bits per heavy atom. The number of methoxy groups -OCH3 is 7. The number of hydrogen-bond donors (Lipinski definition) is 0. The first-order valence-corrected chi connectivity index (χ1v) is 13.3. The molecule has 0 radical (unpaired) electrons. The van der Waals surface area contributed by atoms with Gasteiger partial charge in [0.25, 0.3) is 5.91 Å². The van der Waals surface area contributed by atoms with Crippen LogP contribution in [0.5, 0.6) is 40.2 Å². The lowest BCUT2D eigenvalue weighted by molar-refractivity contribution is 0.0989. The number of nitrogens with zero attached hydrogens (tertiary/aromatic N) is 1. The zero-order valence-electron chi connectivity index (χ0n) is 24.2. The minimum Gasteiger partial charge on any atom is -0.493 e. The fourth-order valence-corrected chi connectivity index (χ4v) is 5.38. The SMILES string of the molecule is COc1cc(-c2c(OC)c(OC)cc3c(N(C)C(=O)c4c(Br)ccc(OC)c4OC)cccc23)cc(OC)c1OC. The zero-order chi connectivity index (χ0) is 29.8. The summed E-state index contributed by atoms with van der Waals surface area (Å²) in [5.41, 5.74) is 2.43. The van der Waals surface area contributed by atoms with Gasteiger partial charge in [-0.2, -0.15) is 0 Å². The Bertz CT molecular complexity index is 1580. The third-order valence-electron chi connectivity index (χ3n) is 6.83. The van der Waals surface area contributed by atoms with E-state index in [1.54, 1.807) is 59.6 Å². The average molecular weight is 627 g/mol. The molecule has 0 saturated carbocycles. The summed E-state index contributed by atoms with van der Waals surface area (Å²) in [6.45, 7) is 0. The third kappa shape index (κ3) is 5.15. The van der Waals surface area contributed by atoms with Crippen LogP contribution in [0, 0.1) is 0 Å². The maximum atomic E-state index is 14.0. The molecule has 0 spiro atoms. The van der Waals surface area contributed by atoms with E-state index in [1.807, 2.05) is 36.4 Å². The van der Waals surface area contributed by atoms with Crippen molar-refractivity contribution in [2.24, 2.45) is 0 Å². The smallest absolute Gasteiger partial charge is 0.263 e. The van der Waals surface area contributed by atoms with Gasteiger partial charge in [0.05, 0.1) is 61.0 Å². The van der Waals surface area contributed by atoms with E-state index in [2.05, 4.69) is 15.9 Å². The van der Waals surface area contributed by atoms with Crippen LogP contribution in [-0.4, -0.2) is 62.7 Å². The van der Waals surface area contributed by atoms with E-state index in [-0.39, 0.29) is 5.91 Å². The third-order valence-corrected chi connectivity index (χ3v) is 7.49. The maximum Gasteiger partial charge on any atom is 0.263 e. The molecule has 0 aliphatic carbocycles. The van der Waals surface area contributed by atoms with E-state index >= 15 is 0 Å². The molecule has 4 rings (SSSR count). The molecule has 41 heavy (non-hydrogen) atoms. The van der Waals surface area contributed by atoms with Crippen LogP contribution in [-0.2, 0) is 0 Å². The van der Waals surface area contributed by atoms with Gasteiger partial charge in [0.15, 0.2) is 34.5 Å². The molecule has 0 atom stereocenters. The highest BCUT2D eigenvalue weighted by Crippen LogP contribution is 2.50. The number of benzene rings is 4. The van der Waals surface area contributed by atoms with Gasteiger partial charge in [-0.25, -0.2) is 0 Å². The van der Waals surface area contributed by atoms with Gasteiger partial charge in [-0.3, -0.25) is 4.79 Å². The standard InChI is InChI=1S/C31H32BrNO8/c1-33(31(34)27-20(32)12-13-22(35-2)29(27)40-7)21-11-9-10-18-19(21)16-25(38-5)30(41-8)26(18)17-14-23(36-3)28(39-6)24(15-17)37-4/h9-16H,1-8H3. The van der Waals surface area contributed by atoms with Gasteiger partial charge in [-0.15, -0.1) is 0 Å². The highest BCUT2D eigenvalue weighted by atomic mass is 79.9. The zero-order valence-corrected chi connectivity index (χ0v) is 25.8. The van der Waals surface area contributed by atoms with E-state index < -0.39 is 0 Å². The summed E-state index contributed by atoms with van der Waals surface area (Å²) in [5.74, 6) is 2.90. The van der Waals surface area contributed by atoms with Crippen molar-refractivity contribution < 1.29 is 38.0 Å². The van der Waals surface area contributed by atoms with E-state index in [1.165, 1.54) is 14.2 Å². The molecule has 10 heteroatoms. The van der Waals surface area contributed by atoms with Crippen molar-refractivity contribution in [3.8, 4) is 51.4 Å². The summed E-state index contributed by atoms with van der Waals surface area (Å²) in [7, 11) is 12.6. The van der Waals surface area contributed by atoms with Crippen LogP contribution in [0.2, 0.25) is 0 Å². The monoisotopic (exact) mass is 625 g/mol. The molecule has 0 heterocycles. The summed E-state index contributed by atoms with van der Waals surface area (Å²) >= 11 is 3.51. The number of anilines is 1. The minimum absolute atomic E-state index is 0.302. The van der Waals surface area contributed by atoms with Crippen LogP contribution >= 0.6 is 15.9 Å². The second-order valence-corrected chi connectivity index (χ2v) is 9.65. The van der Waals surface area contributed by atoms with Crippen molar-refractivity contribution >= 4 is 38.3 Å². The molecule has 216 valence electrons. The first-order valence-electron chi connectivity index (χ1n) is 12.5. The van der Waals surface area contributed by atoms with Crippen molar-refractivity contribution in [2.75, 3.05) is 61.7 Å². The highest BCUT2D eigenvalue weighted by Gasteiger charge is 2.27. The Balaban J connectivity index is 2.01. The van der Waals surface area contributed by atoms with Crippen LogP contribution in [0.4, 0.5) is 5.69 Å². The number of hydrogen-bond acceptors (Lipinski definition) is 8. The largest absolute Gasteiger partial charge is 0.493 e. The second kappa shape index (κ2) is 12.5. The molecule has 0 bridgehead atoms. The Morgan fingerprint density at radius 1 is 0.634 bits per heavy atom. The molecule has 0 unspecified atom stereocenters. The van der Waals surface area contributed by atoms with Gasteiger partial charge in [-0.05, 0) is 63.3 Å². The van der Waals surface area contributed by atoms with Crippen molar-refractivity contribution in [3.63, 3.8) is 0 Å². The first-order chi connectivity index (χ1) is 19.8. The number of carbonyl (C=O) groups is 1. The van der Waals surface area contributed by atoms with E-state index in [9.17, 15) is 4.79 Å². The molecule has 0 aliphatic heterocycles. The van der Waals surface area contributed by atoms with Gasteiger partial charge in [-0.1, -0.05) is 12.1 Å². The van der Waals surface area contributed by atoms with E-state index in [0.717, 1.165) is 21.9 Å². The van der Waals surface area contributed by atoms with Crippen molar-refractivity contribution in [1.82, 2.24) is 0 Å². The Labute approximate surface area is 247 Å². The van der Waals surface area contributed by atoms with Crippen molar-refractivity contribution in [2.45, 2.75) is 0 Å². The molecule has 0 saturated heterocycles. The topological polar surface area (TPSA) is 84.9 Å². The van der Waals surface area contributed by atoms with Gasteiger partial charge in [0.1, 0.15) is 0 Å². The van der Waals surface area contributed by atoms with Gasteiger partial charge < -0.3 is 38.1 Å². The molecule has 4 aromatic rings. The van der Waals surface area contributed by atoms with Crippen molar-refractivity contribution in [3.05, 3.63) is 58.6 Å². The second-order valence-electron chi connectivity index (χ2n) is 8.80. The molecule has 0 N–H and O–H groups in total. The molecule has 0 fully saturated rings. The van der Waals surface area contributed by atoms with Crippen LogP contribution < -0.4 is 38.1 Å². The Morgan fingerprint density at radius 3 is 1.73 bits per heavy atom. The molecule has 4 aromatic carbocycles. The number of fused-ring (bicyclic) bond motifs is 1. The molecular weight excluding hydrogens is 594 g/mol. The predicted molar refractivity (Wildman–Crippen MR) is 162 cm³/mol. The molecular formula is C31H32BrNO8. The minimum atomic E-state index is -0.302. The quantitative estimate of drug-likeness (QED) is 0.195.